The van der Waals surface area contributed by atoms with Gasteiger partial charge < -0.3 is 45.0 Å². The lowest BCUT2D eigenvalue weighted by molar-refractivity contribution is -0.136. The van der Waals surface area contributed by atoms with Gasteiger partial charge >= 0.3 is 0 Å². The minimum Gasteiger partial charge on any atom is -0.507 e. The highest BCUT2D eigenvalue weighted by Crippen LogP contribution is 2.39. The molecule has 0 radical (unpaired) electrons. The van der Waals surface area contributed by atoms with Crippen molar-refractivity contribution in [2.24, 2.45) is 11.8 Å². The minimum atomic E-state index is -0.616. The third-order valence-corrected chi connectivity index (χ3v) is 17.4. The largest absolute Gasteiger partial charge is 0.507 e. The molecule has 18 nitrogen and oxygen atoms in total. The number of carbonyl (C=O) groups is 1. The van der Waals surface area contributed by atoms with Crippen LogP contribution in [0.15, 0.2) is 83.1 Å². The first-order valence-electron chi connectivity index (χ1n) is 26.7. The Hall–Kier alpha value is -6.25. The Balaban J connectivity index is 0.615. The third-order valence-electron chi connectivity index (χ3n) is 16.4. The zero-order valence-corrected chi connectivity index (χ0v) is 43.6. The van der Waals surface area contributed by atoms with E-state index in [4.69, 9.17) is 20.2 Å². The number of aryl methyl sites for hydroxylation is 1. The normalized spacial score (nSPS) is 22.3. The van der Waals surface area contributed by atoms with Gasteiger partial charge in [0.2, 0.25) is 11.9 Å². The van der Waals surface area contributed by atoms with Crippen molar-refractivity contribution in [1.82, 2.24) is 51.0 Å². The lowest BCUT2D eigenvalue weighted by Gasteiger charge is -2.42. The Bertz CT molecular complexity index is 2830. The van der Waals surface area contributed by atoms with Gasteiger partial charge in [-0.15, -0.1) is 21.5 Å². The molecule has 2 aromatic carbocycles. The van der Waals surface area contributed by atoms with Crippen LogP contribution in [0.1, 0.15) is 99.6 Å². The number of piperazine rings is 1. The van der Waals surface area contributed by atoms with E-state index in [0.29, 0.717) is 47.6 Å². The highest BCUT2D eigenvalue weighted by Gasteiger charge is 2.43. The number of piperidine rings is 2. The Morgan fingerprint density at radius 2 is 1.64 bits per heavy atom. The molecule has 11 rings (SSSR count). The number of fused-ring (bicyclic) bond motifs is 2. The average Bonchev–Trinajstić information content (AvgIpc) is 4.22. The van der Waals surface area contributed by atoms with Gasteiger partial charge in [0, 0.05) is 81.8 Å². The number of aromatic nitrogens is 6. The van der Waals surface area contributed by atoms with Crippen molar-refractivity contribution in [3.05, 3.63) is 101 Å². The predicted octanol–water partition coefficient (Wildman–Crippen LogP) is 6.94. The number of rotatable bonds is 16. The van der Waals surface area contributed by atoms with E-state index in [-0.39, 0.29) is 42.4 Å². The summed E-state index contributed by atoms with van der Waals surface area (Å²) in [5.74, 6) is 3.25. The second-order valence-electron chi connectivity index (χ2n) is 21.5. The van der Waals surface area contributed by atoms with E-state index in [1.165, 1.54) is 16.9 Å². The number of aliphatic hydroxyl groups excluding tert-OH is 1. The number of hydrogen-bond acceptors (Lipinski definition) is 18. The topological polar surface area (TPSA) is 214 Å². The van der Waals surface area contributed by atoms with Crippen LogP contribution in [0.4, 0.5) is 23.3 Å². The number of nitrogens with zero attached hydrogens (tertiary/aromatic N) is 11. The molecule has 0 saturated carbocycles. The van der Waals surface area contributed by atoms with Crippen LogP contribution in [0.5, 0.6) is 5.75 Å². The van der Waals surface area contributed by atoms with Gasteiger partial charge in [0.25, 0.3) is 0 Å². The second-order valence-corrected chi connectivity index (χ2v) is 22.4. The van der Waals surface area contributed by atoms with Crippen molar-refractivity contribution >= 4 is 40.5 Å². The monoisotopic (exact) mass is 1020 g/mol. The predicted molar refractivity (Wildman–Crippen MR) is 288 cm³/mol. The van der Waals surface area contributed by atoms with Gasteiger partial charge in [0.1, 0.15) is 11.7 Å². The number of aromatic hydroxyl groups is 1. The maximum Gasteiger partial charge on any atom is 0.235 e. The fourth-order valence-corrected chi connectivity index (χ4v) is 13.0. The van der Waals surface area contributed by atoms with E-state index >= 15 is 0 Å². The first-order valence-corrected chi connectivity index (χ1v) is 27.6. The number of nitrogens with one attached hydrogen (secondary N) is 2. The van der Waals surface area contributed by atoms with Gasteiger partial charge in [-0.2, -0.15) is 0 Å². The molecule has 5 atom stereocenters. The number of likely N-dealkylation sites (tertiary alicyclic amines) is 2. The molecule has 74 heavy (non-hydrogen) atoms. The maximum absolute atomic E-state index is 14.3. The van der Waals surface area contributed by atoms with Crippen LogP contribution in [-0.2, 0) is 11.3 Å². The SMILES string of the molecule is Cc1ncsc1-c1ccc(CNN[C@@H]2C[C@@H](O)CN2C(=O)C(c2cc(N3CCC(CCN4CCC(c5cnc(N6C7CCC6CN(c6cc(-c8ccccc8O)nnc6N)C7)nc5)CC4)CC3)no2)C(C)C)cc1. The van der Waals surface area contributed by atoms with Crippen molar-refractivity contribution in [1.29, 1.82) is 0 Å². The molecular weight excluding hydrogens is 953 g/mol. The number of para-hydroxylation sites is 1. The molecule has 5 aliphatic heterocycles. The number of anilines is 4. The molecule has 0 aliphatic carbocycles. The van der Waals surface area contributed by atoms with Crippen LogP contribution in [-0.4, -0.2) is 133 Å². The molecular formula is C55H70N14O4S. The van der Waals surface area contributed by atoms with Crippen molar-refractivity contribution in [2.45, 2.75) is 115 Å². The van der Waals surface area contributed by atoms with E-state index in [9.17, 15) is 15.0 Å². The number of phenolic OH excluding ortho intramolecular Hbond substituents is 1. The molecule has 5 saturated heterocycles. The van der Waals surface area contributed by atoms with E-state index in [0.717, 1.165) is 119 Å². The molecule has 2 bridgehead atoms. The minimum absolute atomic E-state index is 0.0270. The van der Waals surface area contributed by atoms with Crippen LogP contribution in [0.3, 0.4) is 0 Å². The Labute approximate surface area is 437 Å². The molecule has 3 unspecified atom stereocenters. The number of hydrazine groups is 1. The number of aliphatic hydroxyl groups is 1. The molecule has 6 aromatic rings. The highest BCUT2D eigenvalue weighted by atomic mass is 32.1. The average molecular weight is 1020 g/mol. The summed E-state index contributed by atoms with van der Waals surface area (Å²) < 4.78 is 5.97. The molecule has 5 fully saturated rings. The van der Waals surface area contributed by atoms with Crippen LogP contribution in [0.2, 0.25) is 0 Å². The standard InChI is InChI=1S/C55H70N14O4S/c1-34(2)51(54(72)68-32-43(70)24-49(68)62-60-27-37-8-10-39(11-9-37)52-35(3)59-33-74-52)48-26-50(64-73-48)66-22-15-36(16-23-66)14-19-65-20-17-38(18-21-65)40-28-57-55(58-29-40)69-41-12-13-42(69)31-67(30-41)46-25-45(61-63-53(46)56)44-6-4-5-7-47(44)71/h4-11,25-26,28-29,33-34,36,38,41-43,49,51,60,62,70-71H,12-24,27,30-32H2,1-3H3,(H2,56,63)/t41?,42?,43-,49+,51?/m1/s1. The summed E-state index contributed by atoms with van der Waals surface area (Å²) in [5, 5.41) is 34.2. The van der Waals surface area contributed by atoms with E-state index < -0.39 is 12.0 Å². The number of β-amino-alcohol motifs (C(OH)–C–C–N with tert-alkyl or cyclic N) is 1. The van der Waals surface area contributed by atoms with Gasteiger partial charge in [-0.25, -0.2) is 20.4 Å². The molecule has 0 spiro atoms. The van der Waals surface area contributed by atoms with Gasteiger partial charge in [-0.1, -0.05) is 55.4 Å². The number of phenols is 1. The fraction of sp³-hybridized carbons (Fsp3) is 0.509. The smallest absolute Gasteiger partial charge is 0.235 e. The molecule has 9 heterocycles. The van der Waals surface area contributed by atoms with Crippen LogP contribution in [0, 0.1) is 18.8 Å². The van der Waals surface area contributed by atoms with Gasteiger partial charge in [0.05, 0.1) is 39.7 Å². The summed E-state index contributed by atoms with van der Waals surface area (Å²) in [4.78, 5) is 41.2. The van der Waals surface area contributed by atoms with Gasteiger partial charge in [0.15, 0.2) is 17.4 Å². The summed E-state index contributed by atoms with van der Waals surface area (Å²) in [7, 11) is 0. The van der Waals surface area contributed by atoms with Crippen molar-refractivity contribution in [3.8, 4) is 27.4 Å². The molecule has 6 N–H and O–H groups in total. The number of nitrogen functional groups attached to an aromatic ring is 1. The summed E-state index contributed by atoms with van der Waals surface area (Å²) in [6, 6.07) is 20.0. The number of carbonyl (C=O) groups excluding carboxylic acids is 1. The van der Waals surface area contributed by atoms with Crippen molar-refractivity contribution < 1.29 is 19.5 Å². The lowest BCUT2D eigenvalue weighted by Crippen LogP contribution is -2.54. The Kier molecular flexibility index (Phi) is 14.8. The van der Waals surface area contributed by atoms with E-state index in [2.05, 4.69) is 87.4 Å². The zero-order chi connectivity index (χ0) is 50.9. The summed E-state index contributed by atoms with van der Waals surface area (Å²) >= 11 is 1.64. The van der Waals surface area contributed by atoms with Crippen LogP contribution < -0.4 is 31.3 Å². The Morgan fingerprint density at radius 3 is 2.34 bits per heavy atom. The molecule has 4 aromatic heterocycles. The zero-order valence-electron chi connectivity index (χ0n) is 42.8. The quantitative estimate of drug-likeness (QED) is 0.0621. The molecule has 19 heteroatoms. The summed E-state index contributed by atoms with van der Waals surface area (Å²) in [5.41, 5.74) is 21.5. The van der Waals surface area contributed by atoms with Gasteiger partial charge in [-0.05, 0) is 124 Å². The second kappa shape index (κ2) is 21.9. The number of nitrogens with two attached hydrogens (primary N) is 1. The van der Waals surface area contributed by atoms with Gasteiger partial charge in [-0.3, -0.25) is 10.2 Å². The van der Waals surface area contributed by atoms with Crippen molar-refractivity contribution in [3.63, 3.8) is 0 Å². The van der Waals surface area contributed by atoms with Crippen molar-refractivity contribution in [2.75, 3.05) is 72.8 Å². The van der Waals surface area contributed by atoms with E-state index in [1.807, 2.05) is 50.5 Å². The molecule has 1 amide bonds. The molecule has 5 aliphatic rings. The fourth-order valence-electron chi connectivity index (χ4n) is 12.2. The van der Waals surface area contributed by atoms with E-state index in [1.54, 1.807) is 28.4 Å². The number of hydrogen-bond donors (Lipinski definition) is 5. The Morgan fingerprint density at radius 1 is 0.892 bits per heavy atom. The summed E-state index contributed by atoms with van der Waals surface area (Å²) in [6.45, 7) is 13.6. The number of thiazole rings is 1. The first kappa shape index (κ1) is 49.9. The third kappa shape index (κ3) is 10.7. The molecule has 390 valence electrons. The highest BCUT2D eigenvalue weighted by molar-refractivity contribution is 7.13. The number of benzene rings is 2. The van der Waals surface area contributed by atoms with Crippen LogP contribution in [0.25, 0.3) is 21.7 Å². The first-order chi connectivity index (χ1) is 36.0. The number of amides is 1. The van der Waals surface area contributed by atoms with Crippen LogP contribution >= 0.6 is 11.3 Å². The maximum atomic E-state index is 14.3. The lowest BCUT2D eigenvalue weighted by atomic mass is 9.90. The summed E-state index contributed by atoms with van der Waals surface area (Å²) in [6.07, 6.45) is 11.3.